The molecule has 0 aliphatic carbocycles. The van der Waals surface area contributed by atoms with Crippen molar-refractivity contribution in [3.8, 4) is 0 Å². The molecule has 0 rings (SSSR count). The third-order valence-electron chi connectivity index (χ3n) is 5.16. The van der Waals surface area contributed by atoms with Crippen LogP contribution in [0.4, 0.5) is 0 Å². The highest BCUT2D eigenvalue weighted by Crippen LogP contribution is 2.13. The molecular weight excluding hydrogens is 300 g/mol. The Balaban J connectivity index is 3.01. The molecule has 0 N–H and O–H groups in total. The molecule has 0 spiro atoms. The minimum Gasteiger partial charge on any atom is -0.0885 e. The van der Waals surface area contributed by atoms with E-state index < -0.39 is 0 Å². The van der Waals surface area contributed by atoms with Crippen molar-refractivity contribution in [1.82, 2.24) is 0 Å². The van der Waals surface area contributed by atoms with Gasteiger partial charge in [-0.1, -0.05) is 135 Å². The molecule has 0 saturated heterocycles. The van der Waals surface area contributed by atoms with Gasteiger partial charge in [-0.05, 0) is 25.7 Å². The second kappa shape index (κ2) is 23.7. The Hall–Kier alpha value is -0.260. The van der Waals surface area contributed by atoms with Crippen LogP contribution in [-0.2, 0) is 0 Å². The normalized spacial score (nSPS) is 11.6. The summed E-state index contributed by atoms with van der Waals surface area (Å²) in [7, 11) is 0. The van der Waals surface area contributed by atoms with Crippen molar-refractivity contribution in [2.75, 3.05) is 0 Å². The molecule has 2 radical (unpaired) electrons. The fourth-order valence-corrected chi connectivity index (χ4v) is 3.41. The molecule has 0 heterocycles. The summed E-state index contributed by atoms with van der Waals surface area (Å²) in [6, 6.07) is 0. The Kier molecular flexibility index (Phi) is 23.5. The summed E-state index contributed by atoms with van der Waals surface area (Å²) in [5, 5.41) is 0. The first kappa shape index (κ1) is 24.7. The highest BCUT2D eigenvalue weighted by molar-refractivity contribution is 4.81. The first-order chi connectivity index (χ1) is 12.4. The van der Waals surface area contributed by atoms with Gasteiger partial charge >= 0.3 is 0 Å². The summed E-state index contributed by atoms with van der Waals surface area (Å²) in [5.41, 5.74) is 0. The zero-order valence-corrected chi connectivity index (χ0v) is 17.4. The minimum atomic E-state index is 1.10. The van der Waals surface area contributed by atoms with Gasteiger partial charge in [-0.25, -0.2) is 0 Å². The van der Waals surface area contributed by atoms with Crippen molar-refractivity contribution in [3.63, 3.8) is 0 Å². The number of hydrogen-bond acceptors (Lipinski definition) is 0. The molecule has 0 amide bonds. The van der Waals surface area contributed by atoms with Crippen molar-refractivity contribution in [1.29, 1.82) is 0 Å². The maximum Gasteiger partial charge on any atom is -0.0351 e. The molecule has 0 aromatic rings. The van der Waals surface area contributed by atoms with Gasteiger partial charge in [0.2, 0.25) is 0 Å². The van der Waals surface area contributed by atoms with Crippen LogP contribution in [0.2, 0.25) is 0 Å². The topological polar surface area (TPSA) is 0 Å². The predicted octanol–water partition coefficient (Wildman–Crippen LogP) is 9.40. The van der Waals surface area contributed by atoms with Gasteiger partial charge in [-0.15, -0.1) is 0 Å². The molecule has 148 valence electrons. The van der Waals surface area contributed by atoms with Crippen molar-refractivity contribution in [2.45, 2.75) is 135 Å². The van der Waals surface area contributed by atoms with E-state index in [0.717, 1.165) is 12.8 Å². The van der Waals surface area contributed by atoms with E-state index in [1.54, 1.807) is 0 Å². The van der Waals surface area contributed by atoms with Crippen LogP contribution in [0, 0.1) is 13.8 Å². The van der Waals surface area contributed by atoms with Crippen molar-refractivity contribution < 1.29 is 0 Å². The molecule has 0 nitrogen and oxygen atoms in total. The van der Waals surface area contributed by atoms with Crippen molar-refractivity contribution in [3.05, 3.63) is 26.0 Å². The highest BCUT2D eigenvalue weighted by Gasteiger charge is 1.94. The molecule has 0 aliphatic heterocycles. The molecular formula is C25H48. The lowest BCUT2D eigenvalue weighted by molar-refractivity contribution is 0.534. The zero-order valence-electron chi connectivity index (χ0n) is 17.4. The van der Waals surface area contributed by atoms with Crippen LogP contribution in [0.3, 0.4) is 0 Å². The third kappa shape index (κ3) is 23.7. The maximum absolute atomic E-state index is 3.90. The molecule has 25 heavy (non-hydrogen) atoms. The Bertz CT molecular complexity index is 240. The van der Waals surface area contributed by atoms with Crippen LogP contribution in [0.15, 0.2) is 12.2 Å². The third-order valence-corrected chi connectivity index (χ3v) is 5.16. The lowest BCUT2D eigenvalue weighted by Gasteiger charge is -2.03. The Morgan fingerprint density at radius 3 is 0.880 bits per heavy atom. The van der Waals surface area contributed by atoms with E-state index in [2.05, 4.69) is 26.0 Å². The van der Waals surface area contributed by atoms with E-state index in [4.69, 9.17) is 0 Å². The van der Waals surface area contributed by atoms with Gasteiger partial charge in [0.25, 0.3) is 0 Å². The van der Waals surface area contributed by atoms with E-state index in [-0.39, 0.29) is 0 Å². The van der Waals surface area contributed by atoms with E-state index in [0.29, 0.717) is 0 Å². The van der Waals surface area contributed by atoms with Gasteiger partial charge in [-0.3, -0.25) is 0 Å². The molecule has 0 aromatic carbocycles. The zero-order chi connectivity index (χ0) is 18.3. The smallest absolute Gasteiger partial charge is 0.0351 e. The number of rotatable bonds is 21. The van der Waals surface area contributed by atoms with E-state index in [1.165, 1.54) is 122 Å². The van der Waals surface area contributed by atoms with Gasteiger partial charge in [0, 0.05) is 0 Å². The van der Waals surface area contributed by atoms with Crippen LogP contribution in [0.1, 0.15) is 135 Å². The van der Waals surface area contributed by atoms with Crippen molar-refractivity contribution in [2.24, 2.45) is 0 Å². The molecule has 0 aliphatic rings. The molecule has 0 fully saturated rings. The predicted molar refractivity (Wildman–Crippen MR) is 117 cm³/mol. The van der Waals surface area contributed by atoms with Crippen LogP contribution < -0.4 is 0 Å². The minimum absolute atomic E-state index is 1.10. The van der Waals surface area contributed by atoms with Crippen molar-refractivity contribution >= 4 is 0 Å². The van der Waals surface area contributed by atoms with Crippen LogP contribution >= 0.6 is 0 Å². The van der Waals surface area contributed by atoms with Crippen LogP contribution in [0.5, 0.6) is 0 Å². The number of hydrogen-bond donors (Lipinski definition) is 0. The average molecular weight is 349 g/mol. The molecule has 0 unspecified atom stereocenters. The molecule has 0 bridgehead atoms. The highest BCUT2D eigenvalue weighted by atomic mass is 14.0. The molecule has 0 aromatic heterocycles. The fourth-order valence-electron chi connectivity index (χ4n) is 3.41. The Morgan fingerprint density at radius 2 is 0.560 bits per heavy atom. The average Bonchev–Trinajstić information content (AvgIpc) is 2.63. The van der Waals surface area contributed by atoms with Gasteiger partial charge in [0.05, 0.1) is 0 Å². The summed E-state index contributed by atoms with van der Waals surface area (Å²) >= 11 is 0. The largest absolute Gasteiger partial charge is 0.0885 e. The lowest BCUT2D eigenvalue weighted by Crippen LogP contribution is -1.83. The van der Waals surface area contributed by atoms with Gasteiger partial charge < -0.3 is 0 Å². The number of unbranched alkanes of at least 4 members (excludes halogenated alkanes) is 19. The van der Waals surface area contributed by atoms with E-state index in [9.17, 15) is 0 Å². The standard InChI is InChI=1S/C25H48/c1-3-5-7-9-11-13-15-17-19-21-23-25-24-22-20-18-16-14-12-10-8-6-4-2/h13,15H,1-12,14,16-25H2. The monoisotopic (exact) mass is 348 g/mol. The number of allylic oxidation sites excluding steroid dienone is 2. The van der Waals surface area contributed by atoms with Crippen LogP contribution in [-0.4, -0.2) is 0 Å². The molecule has 0 saturated carbocycles. The molecule has 0 atom stereocenters. The van der Waals surface area contributed by atoms with Gasteiger partial charge in [0.15, 0.2) is 0 Å². The second-order valence-corrected chi connectivity index (χ2v) is 7.77. The summed E-state index contributed by atoms with van der Waals surface area (Å²) in [4.78, 5) is 0. The first-order valence-electron chi connectivity index (χ1n) is 11.6. The van der Waals surface area contributed by atoms with Crippen LogP contribution in [0.25, 0.3) is 0 Å². The SMILES string of the molecule is [CH2]CCCCCC=CCCCCCCCCCCCCCCCC[CH2]. The second-order valence-electron chi connectivity index (χ2n) is 7.77. The summed E-state index contributed by atoms with van der Waals surface area (Å²) in [6.45, 7) is 7.79. The quantitative estimate of drug-likeness (QED) is 0.143. The first-order valence-corrected chi connectivity index (χ1v) is 11.6. The van der Waals surface area contributed by atoms with E-state index in [1.807, 2.05) is 0 Å². The fraction of sp³-hybridized carbons (Fsp3) is 0.840. The maximum atomic E-state index is 3.90. The summed E-state index contributed by atoms with van der Waals surface area (Å²) < 4.78 is 0. The van der Waals surface area contributed by atoms with E-state index >= 15 is 0 Å². The van der Waals surface area contributed by atoms with Gasteiger partial charge in [0.1, 0.15) is 0 Å². The Morgan fingerprint density at radius 1 is 0.320 bits per heavy atom. The Labute approximate surface area is 161 Å². The summed E-state index contributed by atoms with van der Waals surface area (Å²) in [5.74, 6) is 0. The molecule has 0 heteroatoms. The lowest BCUT2D eigenvalue weighted by atomic mass is 10.0. The summed E-state index contributed by atoms with van der Waals surface area (Å²) in [6.07, 6.45) is 33.7. The van der Waals surface area contributed by atoms with Gasteiger partial charge in [-0.2, -0.15) is 0 Å².